The minimum absolute atomic E-state index is 0.0336. The number of nitrogens with zero attached hydrogens (tertiary/aromatic N) is 1. The van der Waals surface area contributed by atoms with Gasteiger partial charge in [-0.3, -0.25) is 4.79 Å². The van der Waals surface area contributed by atoms with E-state index in [2.05, 4.69) is 29.6 Å². The number of fused-ring (bicyclic) bond motifs is 3. The Balaban J connectivity index is 1.23. The van der Waals surface area contributed by atoms with Crippen LogP contribution in [-0.4, -0.2) is 66.9 Å². The van der Waals surface area contributed by atoms with Crippen molar-refractivity contribution in [3.8, 4) is 11.1 Å². The van der Waals surface area contributed by atoms with Crippen molar-refractivity contribution in [2.45, 2.75) is 24.9 Å². The number of hydrogen-bond acceptors (Lipinski definition) is 5. The maximum absolute atomic E-state index is 12.4. The van der Waals surface area contributed by atoms with Gasteiger partial charge in [0.25, 0.3) is 0 Å². The lowest BCUT2D eigenvalue weighted by Gasteiger charge is -2.31. The Morgan fingerprint density at radius 3 is 2.16 bits per heavy atom. The number of piperidine rings is 1. The van der Waals surface area contributed by atoms with Crippen molar-refractivity contribution in [3.63, 3.8) is 0 Å². The van der Waals surface area contributed by atoms with Crippen LogP contribution in [0.15, 0.2) is 48.5 Å². The van der Waals surface area contributed by atoms with Crippen molar-refractivity contribution < 1.29 is 29.0 Å². The van der Waals surface area contributed by atoms with Gasteiger partial charge in [0.05, 0.1) is 6.10 Å². The summed E-state index contributed by atoms with van der Waals surface area (Å²) >= 11 is 0. The second-order valence-corrected chi connectivity index (χ2v) is 7.96. The van der Waals surface area contributed by atoms with Gasteiger partial charge in [-0.15, -0.1) is 0 Å². The maximum Gasteiger partial charge on any atom is 0.407 e. The molecule has 2 aliphatic rings. The zero-order valence-electron chi connectivity index (χ0n) is 17.7. The highest BCUT2D eigenvalue weighted by molar-refractivity contribution is 5.82. The predicted octanol–water partition coefficient (Wildman–Crippen LogP) is 2.62. The molecule has 0 bridgehead atoms. The molecule has 4 rings (SSSR count). The van der Waals surface area contributed by atoms with Crippen LogP contribution in [0, 0.1) is 0 Å². The average molecular weight is 438 g/mol. The Labute approximate surface area is 186 Å². The largest absolute Gasteiger partial charge is 0.480 e. The van der Waals surface area contributed by atoms with E-state index in [9.17, 15) is 14.4 Å². The SMILES string of the molecule is O=C(O)COC1CCN(C(=O)CNC(=O)OCC2c3ccccc3-c3ccccc32)CC1. The van der Waals surface area contributed by atoms with Crippen LogP contribution in [0.1, 0.15) is 29.9 Å². The number of ether oxygens (including phenoxy) is 2. The predicted molar refractivity (Wildman–Crippen MR) is 116 cm³/mol. The third-order valence-electron chi connectivity index (χ3n) is 5.96. The summed E-state index contributed by atoms with van der Waals surface area (Å²) in [6.07, 6.45) is 0.360. The van der Waals surface area contributed by atoms with Gasteiger partial charge in [0.2, 0.25) is 5.91 Å². The van der Waals surface area contributed by atoms with Gasteiger partial charge in [0.1, 0.15) is 19.8 Å². The molecular weight excluding hydrogens is 412 g/mol. The van der Waals surface area contributed by atoms with Gasteiger partial charge in [-0.05, 0) is 35.1 Å². The standard InChI is InChI=1S/C24H26N2O6/c27-22(26-11-9-16(10-12-26)31-15-23(28)29)13-25-24(30)32-14-21-19-7-3-1-5-17(19)18-6-2-4-8-20(18)21/h1-8,16,21H,9-15H2,(H,25,30)(H,28,29). The summed E-state index contributed by atoms with van der Waals surface area (Å²) in [6.45, 7) is 0.657. The van der Waals surface area contributed by atoms with Crippen molar-refractivity contribution in [2.24, 2.45) is 0 Å². The van der Waals surface area contributed by atoms with Gasteiger partial charge in [-0.1, -0.05) is 48.5 Å². The quantitative estimate of drug-likeness (QED) is 0.689. The highest BCUT2D eigenvalue weighted by atomic mass is 16.5. The summed E-state index contributed by atoms with van der Waals surface area (Å²) < 4.78 is 10.7. The number of nitrogens with one attached hydrogen (secondary N) is 1. The zero-order valence-corrected chi connectivity index (χ0v) is 17.7. The molecule has 0 saturated carbocycles. The molecule has 1 heterocycles. The van der Waals surface area contributed by atoms with Gasteiger partial charge in [0, 0.05) is 19.0 Å². The molecule has 0 radical (unpaired) electrons. The van der Waals surface area contributed by atoms with Crippen molar-refractivity contribution >= 4 is 18.0 Å². The Kier molecular flexibility index (Phi) is 6.70. The number of carbonyl (C=O) groups excluding carboxylic acids is 2. The van der Waals surface area contributed by atoms with E-state index in [1.807, 2.05) is 24.3 Å². The Bertz CT molecular complexity index is 954. The minimum Gasteiger partial charge on any atom is -0.480 e. The second-order valence-electron chi connectivity index (χ2n) is 7.96. The fourth-order valence-corrected chi connectivity index (χ4v) is 4.37. The minimum atomic E-state index is -1.00. The zero-order chi connectivity index (χ0) is 22.5. The molecule has 1 aliphatic heterocycles. The van der Waals surface area contributed by atoms with Crippen LogP contribution in [0.25, 0.3) is 11.1 Å². The van der Waals surface area contributed by atoms with E-state index in [0.29, 0.717) is 25.9 Å². The van der Waals surface area contributed by atoms with Crippen molar-refractivity contribution in [2.75, 3.05) is 32.8 Å². The highest BCUT2D eigenvalue weighted by Crippen LogP contribution is 2.44. The maximum atomic E-state index is 12.4. The van der Waals surface area contributed by atoms with Crippen molar-refractivity contribution in [1.82, 2.24) is 10.2 Å². The average Bonchev–Trinajstić information content (AvgIpc) is 3.14. The molecule has 1 fully saturated rings. The summed E-state index contributed by atoms with van der Waals surface area (Å²) in [5, 5.41) is 11.2. The first-order valence-electron chi connectivity index (χ1n) is 10.7. The summed E-state index contributed by atoms with van der Waals surface area (Å²) in [7, 11) is 0. The number of benzene rings is 2. The Morgan fingerprint density at radius 2 is 1.56 bits per heavy atom. The van der Waals surface area contributed by atoms with E-state index in [-0.39, 0.29) is 37.7 Å². The summed E-state index contributed by atoms with van der Waals surface area (Å²) in [6, 6.07) is 16.2. The van der Waals surface area contributed by atoms with E-state index in [1.165, 1.54) is 0 Å². The van der Waals surface area contributed by atoms with Gasteiger partial charge in [-0.25, -0.2) is 9.59 Å². The molecule has 2 amide bonds. The normalized spacial score (nSPS) is 15.7. The Morgan fingerprint density at radius 1 is 0.969 bits per heavy atom. The molecule has 1 aliphatic carbocycles. The molecule has 1 saturated heterocycles. The highest BCUT2D eigenvalue weighted by Gasteiger charge is 2.29. The lowest BCUT2D eigenvalue weighted by Crippen LogP contribution is -2.45. The number of likely N-dealkylation sites (tertiary alicyclic amines) is 1. The van der Waals surface area contributed by atoms with E-state index in [1.54, 1.807) is 4.90 Å². The summed E-state index contributed by atoms with van der Waals surface area (Å²) in [4.78, 5) is 36.8. The topological polar surface area (TPSA) is 105 Å². The first kappa shape index (κ1) is 21.8. The molecule has 0 unspecified atom stereocenters. The number of amides is 2. The molecule has 8 nitrogen and oxygen atoms in total. The van der Waals surface area contributed by atoms with Gasteiger partial charge in [0.15, 0.2) is 0 Å². The fourth-order valence-electron chi connectivity index (χ4n) is 4.37. The third kappa shape index (κ3) is 4.91. The van der Waals surface area contributed by atoms with Crippen molar-refractivity contribution in [3.05, 3.63) is 59.7 Å². The summed E-state index contributed by atoms with van der Waals surface area (Å²) in [5.74, 6) is -1.24. The van der Waals surface area contributed by atoms with Crippen LogP contribution >= 0.6 is 0 Å². The smallest absolute Gasteiger partial charge is 0.407 e. The number of carbonyl (C=O) groups is 3. The van der Waals surface area contributed by atoms with E-state index in [0.717, 1.165) is 22.3 Å². The first-order chi connectivity index (χ1) is 15.5. The molecular formula is C24H26N2O6. The van der Waals surface area contributed by atoms with Gasteiger partial charge in [-0.2, -0.15) is 0 Å². The molecule has 168 valence electrons. The Hall–Kier alpha value is -3.39. The van der Waals surface area contributed by atoms with E-state index in [4.69, 9.17) is 14.6 Å². The fraction of sp³-hybridized carbons (Fsp3) is 0.375. The molecule has 8 heteroatoms. The van der Waals surface area contributed by atoms with Crippen LogP contribution in [0.4, 0.5) is 4.79 Å². The lowest BCUT2D eigenvalue weighted by atomic mass is 9.98. The lowest BCUT2D eigenvalue weighted by molar-refractivity contribution is -0.146. The molecule has 2 N–H and O–H groups in total. The number of rotatable bonds is 7. The van der Waals surface area contributed by atoms with Gasteiger partial charge < -0.3 is 24.8 Å². The van der Waals surface area contributed by atoms with Crippen molar-refractivity contribution in [1.29, 1.82) is 0 Å². The number of carboxylic acid groups (broad SMARTS) is 1. The second kappa shape index (κ2) is 9.82. The first-order valence-corrected chi connectivity index (χ1v) is 10.7. The van der Waals surface area contributed by atoms with Crippen LogP contribution in [0.5, 0.6) is 0 Å². The molecule has 2 aromatic carbocycles. The molecule has 2 aromatic rings. The molecule has 0 spiro atoms. The van der Waals surface area contributed by atoms with Crippen LogP contribution in [0.3, 0.4) is 0 Å². The third-order valence-corrected chi connectivity index (χ3v) is 5.96. The monoisotopic (exact) mass is 438 g/mol. The number of aliphatic carboxylic acids is 1. The number of hydrogen-bond donors (Lipinski definition) is 2. The number of carboxylic acids is 1. The molecule has 0 atom stereocenters. The van der Waals surface area contributed by atoms with Crippen LogP contribution in [0.2, 0.25) is 0 Å². The molecule has 0 aromatic heterocycles. The van der Waals surface area contributed by atoms with Crippen LogP contribution < -0.4 is 5.32 Å². The summed E-state index contributed by atoms with van der Waals surface area (Å²) in [5.41, 5.74) is 4.57. The molecule has 32 heavy (non-hydrogen) atoms. The van der Waals surface area contributed by atoms with E-state index >= 15 is 0 Å². The number of alkyl carbamates (subject to hydrolysis) is 1. The van der Waals surface area contributed by atoms with Crippen LogP contribution in [-0.2, 0) is 19.1 Å². The van der Waals surface area contributed by atoms with E-state index < -0.39 is 12.1 Å². The van der Waals surface area contributed by atoms with Gasteiger partial charge >= 0.3 is 12.1 Å².